The number of nitrogens with one attached hydrogen (secondary N) is 1. The zero-order chi connectivity index (χ0) is 14.1. The van der Waals surface area contributed by atoms with Crippen molar-refractivity contribution in [3.05, 3.63) is 53.6 Å². The largest absolute Gasteiger partial charge is 0.545 e. The van der Waals surface area contributed by atoms with Gasteiger partial charge in [-0.05, 0) is 41.5 Å². The maximum absolute atomic E-state index is 11.7. The van der Waals surface area contributed by atoms with Crippen LogP contribution in [-0.4, -0.2) is 11.9 Å². The quantitative estimate of drug-likeness (QED) is 0.848. The van der Waals surface area contributed by atoms with Gasteiger partial charge in [0.15, 0.2) is 0 Å². The molecule has 0 atom stereocenters. The minimum absolute atomic E-state index is 0.479. The molecule has 100 valence electrons. The van der Waals surface area contributed by atoms with Crippen molar-refractivity contribution in [2.45, 2.75) is 12.8 Å². The lowest BCUT2D eigenvalue weighted by atomic mass is 10.0. The van der Waals surface area contributed by atoms with Gasteiger partial charge in [-0.25, -0.2) is 0 Å². The van der Waals surface area contributed by atoms with Gasteiger partial charge in [0.2, 0.25) is 5.91 Å². The molecule has 1 amide bonds. The van der Waals surface area contributed by atoms with Crippen LogP contribution >= 0.6 is 0 Å². The molecule has 20 heavy (non-hydrogen) atoms. The minimum atomic E-state index is -1.39. The molecule has 0 heterocycles. The molecule has 4 heteroatoms. The standard InChI is InChI=1S/C16H13NO3/c18-14(8-9-15(19)20)17-13-7-6-11-5-4-10-2-1-3-12(13)16(10)11/h1-3,6-9H,4-5H2,(H,17,18)(H,19,20)/p-1/b9-8-. The summed E-state index contributed by atoms with van der Waals surface area (Å²) in [6, 6.07) is 9.90. The molecule has 2 aromatic carbocycles. The Kier molecular flexibility index (Phi) is 2.99. The summed E-state index contributed by atoms with van der Waals surface area (Å²) in [7, 11) is 0. The lowest BCUT2D eigenvalue weighted by Gasteiger charge is -2.09. The average Bonchev–Trinajstić information content (AvgIpc) is 2.85. The average molecular weight is 266 g/mol. The number of rotatable bonds is 3. The number of aliphatic carboxylic acids is 1. The number of aryl methyl sites for hydroxylation is 2. The fourth-order valence-electron chi connectivity index (χ4n) is 2.67. The highest BCUT2D eigenvalue weighted by Crippen LogP contribution is 2.34. The Hall–Kier alpha value is -2.62. The van der Waals surface area contributed by atoms with Crippen LogP contribution in [0.25, 0.3) is 10.8 Å². The second-order valence-electron chi connectivity index (χ2n) is 4.75. The van der Waals surface area contributed by atoms with Gasteiger partial charge in [-0.2, -0.15) is 0 Å². The molecule has 1 aliphatic rings. The number of carboxylic acids is 1. The Labute approximate surface area is 115 Å². The number of carboxylic acid groups (broad SMARTS) is 1. The highest BCUT2D eigenvalue weighted by Gasteiger charge is 2.15. The fraction of sp³-hybridized carbons (Fsp3) is 0.125. The number of hydrogen-bond acceptors (Lipinski definition) is 3. The summed E-state index contributed by atoms with van der Waals surface area (Å²) in [5, 5.41) is 15.2. The van der Waals surface area contributed by atoms with E-state index in [0.29, 0.717) is 5.69 Å². The third-order valence-corrected chi connectivity index (χ3v) is 3.51. The summed E-state index contributed by atoms with van der Waals surface area (Å²) < 4.78 is 0. The predicted octanol–water partition coefficient (Wildman–Crippen LogP) is 1.18. The van der Waals surface area contributed by atoms with Gasteiger partial charge >= 0.3 is 0 Å². The number of anilines is 1. The van der Waals surface area contributed by atoms with Gasteiger partial charge in [-0.1, -0.05) is 24.3 Å². The number of amides is 1. The van der Waals surface area contributed by atoms with Crippen molar-refractivity contribution in [1.82, 2.24) is 0 Å². The maximum atomic E-state index is 11.7. The van der Waals surface area contributed by atoms with Crippen LogP contribution in [0.15, 0.2) is 42.5 Å². The third-order valence-electron chi connectivity index (χ3n) is 3.51. The molecular formula is C16H12NO3-. The second kappa shape index (κ2) is 4.81. The van der Waals surface area contributed by atoms with Crippen molar-refractivity contribution in [1.29, 1.82) is 0 Å². The molecule has 0 aliphatic heterocycles. The van der Waals surface area contributed by atoms with Crippen LogP contribution in [-0.2, 0) is 22.4 Å². The lowest BCUT2D eigenvalue weighted by Crippen LogP contribution is -2.20. The van der Waals surface area contributed by atoms with Crippen molar-refractivity contribution in [3.63, 3.8) is 0 Å². The summed E-state index contributed by atoms with van der Waals surface area (Å²) in [5.74, 6) is -1.87. The first-order valence-electron chi connectivity index (χ1n) is 6.38. The van der Waals surface area contributed by atoms with E-state index in [2.05, 4.69) is 11.4 Å². The summed E-state index contributed by atoms with van der Waals surface area (Å²) in [4.78, 5) is 21.9. The van der Waals surface area contributed by atoms with Gasteiger partial charge < -0.3 is 15.2 Å². The topological polar surface area (TPSA) is 69.2 Å². The Morgan fingerprint density at radius 3 is 2.55 bits per heavy atom. The molecule has 0 fully saturated rings. The van der Waals surface area contributed by atoms with Gasteiger partial charge in [0.05, 0.1) is 5.97 Å². The van der Waals surface area contributed by atoms with Crippen LogP contribution < -0.4 is 10.4 Å². The highest BCUT2D eigenvalue weighted by atomic mass is 16.4. The van der Waals surface area contributed by atoms with E-state index in [4.69, 9.17) is 0 Å². The van der Waals surface area contributed by atoms with E-state index in [1.165, 1.54) is 16.5 Å². The van der Waals surface area contributed by atoms with Gasteiger partial charge in [0.25, 0.3) is 0 Å². The van der Waals surface area contributed by atoms with Gasteiger partial charge in [0, 0.05) is 17.1 Å². The van der Waals surface area contributed by atoms with Crippen LogP contribution in [0.2, 0.25) is 0 Å². The minimum Gasteiger partial charge on any atom is -0.545 e. The normalized spacial score (nSPS) is 13.0. The van der Waals surface area contributed by atoms with Crippen molar-refractivity contribution >= 4 is 28.3 Å². The van der Waals surface area contributed by atoms with Gasteiger partial charge in [0.1, 0.15) is 0 Å². The predicted molar refractivity (Wildman–Crippen MR) is 74.1 cm³/mol. The van der Waals surface area contributed by atoms with Crippen molar-refractivity contribution < 1.29 is 14.7 Å². The number of benzene rings is 2. The Balaban J connectivity index is 1.98. The first kappa shape index (κ1) is 12.4. The van der Waals surface area contributed by atoms with Gasteiger partial charge in [-0.3, -0.25) is 4.79 Å². The van der Waals surface area contributed by atoms with E-state index in [1.807, 2.05) is 24.3 Å². The second-order valence-corrected chi connectivity index (χ2v) is 4.75. The highest BCUT2D eigenvalue weighted by molar-refractivity contribution is 6.09. The number of carbonyl (C=O) groups is 2. The molecule has 3 rings (SSSR count). The zero-order valence-corrected chi connectivity index (χ0v) is 10.7. The van der Waals surface area contributed by atoms with Crippen LogP contribution in [0.5, 0.6) is 0 Å². The van der Waals surface area contributed by atoms with E-state index < -0.39 is 11.9 Å². The van der Waals surface area contributed by atoms with Crippen LogP contribution in [0, 0.1) is 0 Å². The fourth-order valence-corrected chi connectivity index (χ4v) is 2.67. The summed E-state index contributed by atoms with van der Waals surface area (Å²) >= 11 is 0. The molecule has 4 nitrogen and oxygen atoms in total. The molecule has 0 saturated carbocycles. The van der Waals surface area contributed by atoms with Crippen molar-refractivity contribution in [2.24, 2.45) is 0 Å². The number of carbonyl (C=O) groups excluding carboxylic acids is 2. The third kappa shape index (κ3) is 2.16. The molecule has 1 N–H and O–H groups in total. The summed E-state index contributed by atoms with van der Waals surface area (Å²) in [6.45, 7) is 0. The molecule has 0 aromatic heterocycles. The smallest absolute Gasteiger partial charge is 0.248 e. The number of hydrogen-bond donors (Lipinski definition) is 1. The van der Waals surface area contributed by atoms with E-state index >= 15 is 0 Å². The monoisotopic (exact) mass is 266 g/mol. The van der Waals surface area contributed by atoms with E-state index in [0.717, 1.165) is 30.4 Å². The Bertz CT molecular complexity index is 736. The molecular weight excluding hydrogens is 254 g/mol. The molecule has 1 aliphatic carbocycles. The molecule has 0 saturated heterocycles. The molecule has 0 spiro atoms. The van der Waals surface area contributed by atoms with E-state index in [-0.39, 0.29) is 0 Å². The van der Waals surface area contributed by atoms with Crippen LogP contribution in [0.4, 0.5) is 5.69 Å². The van der Waals surface area contributed by atoms with E-state index in [9.17, 15) is 14.7 Å². The van der Waals surface area contributed by atoms with Crippen molar-refractivity contribution in [2.75, 3.05) is 5.32 Å². The lowest BCUT2D eigenvalue weighted by molar-refractivity contribution is -0.297. The molecule has 0 unspecified atom stereocenters. The molecule has 0 bridgehead atoms. The Morgan fingerprint density at radius 2 is 1.80 bits per heavy atom. The van der Waals surface area contributed by atoms with E-state index in [1.54, 1.807) is 0 Å². The van der Waals surface area contributed by atoms with Crippen LogP contribution in [0.3, 0.4) is 0 Å². The maximum Gasteiger partial charge on any atom is 0.248 e. The SMILES string of the molecule is O=C([O-])/C=C\C(=O)Nc1ccc2c3c(cccc13)CC2. The first-order valence-corrected chi connectivity index (χ1v) is 6.38. The van der Waals surface area contributed by atoms with Gasteiger partial charge in [-0.15, -0.1) is 0 Å². The molecule has 2 aromatic rings. The summed E-state index contributed by atoms with van der Waals surface area (Å²) in [5.41, 5.74) is 3.28. The van der Waals surface area contributed by atoms with Crippen molar-refractivity contribution in [3.8, 4) is 0 Å². The Morgan fingerprint density at radius 1 is 1.05 bits per heavy atom. The zero-order valence-electron chi connectivity index (χ0n) is 10.7. The summed E-state index contributed by atoms with van der Waals surface area (Å²) in [6.07, 6.45) is 3.72. The first-order chi connectivity index (χ1) is 9.65. The van der Waals surface area contributed by atoms with Crippen LogP contribution in [0.1, 0.15) is 11.1 Å². The molecule has 0 radical (unpaired) electrons.